The van der Waals surface area contributed by atoms with Gasteiger partial charge in [-0.1, -0.05) is 49.7 Å². The van der Waals surface area contributed by atoms with Crippen molar-refractivity contribution in [3.8, 4) is 11.4 Å². The molecule has 0 saturated carbocycles. The Morgan fingerprint density at radius 2 is 1.91 bits per heavy atom. The number of carbonyl (C=O) groups excluding carboxylic acids is 1. The molecule has 174 valence electrons. The van der Waals surface area contributed by atoms with Gasteiger partial charge in [0, 0.05) is 6.54 Å². The number of nitrogens with one attached hydrogen (secondary N) is 1. The number of benzene rings is 3. The van der Waals surface area contributed by atoms with Crippen LogP contribution in [0.5, 0.6) is 5.75 Å². The lowest BCUT2D eigenvalue weighted by molar-refractivity contribution is -0.139. The van der Waals surface area contributed by atoms with Gasteiger partial charge in [-0.15, -0.1) is 0 Å². The number of fused-ring (bicyclic) bond motifs is 1. The van der Waals surface area contributed by atoms with Crippen molar-refractivity contribution in [1.82, 2.24) is 15.1 Å². The van der Waals surface area contributed by atoms with Gasteiger partial charge in [-0.05, 0) is 63.0 Å². The number of carboxylic acids is 1. The molecule has 0 aliphatic heterocycles. The zero-order valence-electron chi connectivity index (χ0n) is 18.6. The standard InChI is InChI=1S/C26H24BrN3O4/c1-2-6-22-21(15-29-30(22)19-7-4-3-5-8-19)26(33)28-14-17-9-11-20-18(13-17)10-12-23(25(20)27)34-16-24(31)32/h3-5,7-13,15H,2,6,14,16H2,1H3,(H,28,33)(H,31,32). The highest BCUT2D eigenvalue weighted by Gasteiger charge is 2.18. The second-order valence-electron chi connectivity index (χ2n) is 7.80. The van der Waals surface area contributed by atoms with Gasteiger partial charge < -0.3 is 15.2 Å². The van der Waals surface area contributed by atoms with E-state index in [4.69, 9.17) is 9.84 Å². The van der Waals surface area contributed by atoms with Crippen LogP contribution in [0.1, 0.15) is 35.0 Å². The van der Waals surface area contributed by atoms with E-state index >= 15 is 0 Å². The van der Waals surface area contributed by atoms with E-state index in [1.54, 1.807) is 12.3 Å². The molecule has 0 aliphatic carbocycles. The molecule has 1 heterocycles. The Kier molecular flexibility index (Phi) is 7.27. The van der Waals surface area contributed by atoms with Crippen molar-refractivity contribution in [2.75, 3.05) is 6.61 Å². The smallest absolute Gasteiger partial charge is 0.341 e. The zero-order valence-corrected chi connectivity index (χ0v) is 20.2. The van der Waals surface area contributed by atoms with Crippen molar-refractivity contribution >= 4 is 38.6 Å². The first-order valence-electron chi connectivity index (χ1n) is 10.9. The Hall–Kier alpha value is -3.65. The second kappa shape index (κ2) is 10.5. The number of nitrogens with zero attached hydrogens (tertiary/aromatic N) is 2. The van der Waals surface area contributed by atoms with Crippen LogP contribution in [-0.4, -0.2) is 33.4 Å². The predicted octanol–water partition coefficient (Wildman–Crippen LogP) is 5.13. The first-order valence-corrected chi connectivity index (χ1v) is 11.7. The summed E-state index contributed by atoms with van der Waals surface area (Å²) in [6.07, 6.45) is 3.27. The van der Waals surface area contributed by atoms with Crippen LogP contribution < -0.4 is 10.1 Å². The van der Waals surface area contributed by atoms with Crippen LogP contribution in [0.2, 0.25) is 0 Å². The van der Waals surface area contributed by atoms with Crippen LogP contribution in [0, 0.1) is 0 Å². The molecule has 0 spiro atoms. The fourth-order valence-corrected chi connectivity index (χ4v) is 4.40. The number of carbonyl (C=O) groups is 2. The Morgan fingerprint density at radius 1 is 1.12 bits per heavy atom. The molecule has 0 bridgehead atoms. The second-order valence-corrected chi connectivity index (χ2v) is 8.59. The molecule has 2 N–H and O–H groups in total. The van der Waals surface area contributed by atoms with Crippen molar-refractivity contribution in [3.63, 3.8) is 0 Å². The lowest BCUT2D eigenvalue weighted by Gasteiger charge is -2.11. The molecule has 4 rings (SSSR count). The van der Waals surface area contributed by atoms with E-state index in [0.717, 1.165) is 40.6 Å². The van der Waals surface area contributed by atoms with Crippen molar-refractivity contribution in [3.05, 3.63) is 88.2 Å². The number of aromatic nitrogens is 2. The highest BCUT2D eigenvalue weighted by molar-refractivity contribution is 9.10. The number of halogens is 1. The van der Waals surface area contributed by atoms with Gasteiger partial charge in [0.1, 0.15) is 5.75 Å². The average molecular weight is 522 g/mol. The Labute approximate surface area is 205 Å². The highest BCUT2D eigenvalue weighted by atomic mass is 79.9. The van der Waals surface area contributed by atoms with Gasteiger partial charge in [0.25, 0.3) is 5.91 Å². The maximum absolute atomic E-state index is 13.0. The van der Waals surface area contributed by atoms with Crippen molar-refractivity contribution in [1.29, 1.82) is 0 Å². The lowest BCUT2D eigenvalue weighted by Crippen LogP contribution is -2.24. The minimum Gasteiger partial charge on any atom is -0.481 e. The fourth-order valence-electron chi connectivity index (χ4n) is 3.79. The lowest BCUT2D eigenvalue weighted by atomic mass is 10.1. The van der Waals surface area contributed by atoms with Crippen LogP contribution in [0.3, 0.4) is 0 Å². The molecule has 0 atom stereocenters. The van der Waals surface area contributed by atoms with Crippen molar-refractivity contribution in [2.24, 2.45) is 0 Å². The minimum absolute atomic E-state index is 0.163. The number of ether oxygens (including phenoxy) is 1. The molecule has 0 unspecified atom stereocenters. The molecule has 0 aliphatic rings. The molecule has 7 nitrogen and oxygen atoms in total. The van der Waals surface area contributed by atoms with Crippen LogP contribution in [-0.2, 0) is 17.8 Å². The Morgan fingerprint density at radius 3 is 2.65 bits per heavy atom. The summed E-state index contributed by atoms with van der Waals surface area (Å²) >= 11 is 3.50. The van der Waals surface area contributed by atoms with Gasteiger partial charge in [-0.25, -0.2) is 9.48 Å². The topological polar surface area (TPSA) is 93.4 Å². The van der Waals surface area contributed by atoms with Gasteiger partial charge in [0.15, 0.2) is 6.61 Å². The SMILES string of the molecule is CCCc1c(C(=O)NCc2ccc3c(Br)c(OCC(=O)O)ccc3c2)cnn1-c1ccccc1. The van der Waals surface area contributed by atoms with E-state index < -0.39 is 12.6 Å². The summed E-state index contributed by atoms with van der Waals surface area (Å²) in [6.45, 7) is 2.04. The Balaban J connectivity index is 1.50. The number of para-hydroxylation sites is 1. The zero-order chi connectivity index (χ0) is 24.1. The Bertz CT molecular complexity index is 1330. The summed E-state index contributed by atoms with van der Waals surface area (Å²) in [7, 11) is 0. The summed E-state index contributed by atoms with van der Waals surface area (Å²) in [5, 5.41) is 18.1. The third-order valence-electron chi connectivity index (χ3n) is 5.39. The third-order valence-corrected chi connectivity index (χ3v) is 6.21. The first-order chi connectivity index (χ1) is 16.5. The molecule has 0 fully saturated rings. The molecule has 34 heavy (non-hydrogen) atoms. The molecule has 3 aromatic carbocycles. The van der Waals surface area contributed by atoms with Crippen molar-refractivity contribution < 1.29 is 19.4 Å². The van der Waals surface area contributed by atoms with E-state index in [1.807, 2.05) is 59.3 Å². The average Bonchev–Trinajstić information content (AvgIpc) is 3.26. The van der Waals surface area contributed by atoms with Gasteiger partial charge >= 0.3 is 5.97 Å². The van der Waals surface area contributed by atoms with Gasteiger partial charge in [0.2, 0.25) is 0 Å². The quantitative estimate of drug-likeness (QED) is 0.318. The summed E-state index contributed by atoms with van der Waals surface area (Å²) in [4.78, 5) is 23.8. The first kappa shape index (κ1) is 23.5. The highest BCUT2D eigenvalue weighted by Crippen LogP contribution is 2.33. The minimum atomic E-state index is -1.03. The van der Waals surface area contributed by atoms with Crippen LogP contribution in [0.25, 0.3) is 16.5 Å². The molecular formula is C26H24BrN3O4. The van der Waals surface area contributed by atoms with E-state index in [2.05, 4.69) is 33.3 Å². The van der Waals surface area contributed by atoms with Crippen LogP contribution in [0.4, 0.5) is 0 Å². The number of carboxylic acid groups (broad SMARTS) is 1. The molecule has 1 aromatic heterocycles. The summed E-state index contributed by atoms with van der Waals surface area (Å²) in [5.74, 6) is -0.728. The summed E-state index contributed by atoms with van der Waals surface area (Å²) in [6, 6.07) is 19.2. The van der Waals surface area contributed by atoms with E-state index in [-0.39, 0.29) is 5.91 Å². The molecule has 4 aromatic rings. The van der Waals surface area contributed by atoms with E-state index in [1.165, 1.54) is 0 Å². The van der Waals surface area contributed by atoms with Gasteiger partial charge in [-0.2, -0.15) is 5.10 Å². The maximum Gasteiger partial charge on any atom is 0.341 e. The summed E-state index contributed by atoms with van der Waals surface area (Å²) in [5.41, 5.74) is 3.34. The third kappa shape index (κ3) is 5.12. The molecule has 0 saturated heterocycles. The fraction of sp³-hybridized carbons (Fsp3) is 0.192. The summed E-state index contributed by atoms with van der Waals surface area (Å²) < 4.78 is 7.84. The largest absolute Gasteiger partial charge is 0.481 e. The maximum atomic E-state index is 13.0. The van der Waals surface area contributed by atoms with E-state index in [9.17, 15) is 9.59 Å². The normalized spacial score (nSPS) is 10.9. The molecule has 8 heteroatoms. The van der Waals surface area contributed by atoms with Crippen LogP contribution >= 0.6 is 15.9 Å². The number of hydrogen-bond donors (Lipinski definition) is 2. The molecular weight excluding hydrogens is 498 g/mol. The number of aliphatic carboxylic acids is 1. The van der Waals surface area contributed by atoms with Crippen molar-refractivity contribution in [2.45, 2.75) is 26.3 Å². The molecule has 1 amide bonds. The number of rotatable bonds is 9. The predicted molar refractivity (Wildman–Crippen MR) is 134 cm³/mol. The van der Waals surface area contributed by atoms with Gasteiger partial charge in [0.05, 0.1) is 27.6 Å². The number of hydrogen-bond acceptors (Lipinski definition) is 4. The molecule has 0 radical (unpaired) electrons. The van der Waals surface area contributed by atoms with Gasteiger partial charge in [-0.3, -0.25) is 4.79 Å². The van der Waals surface area contributed by atoms with E-state index in [0.29, 0.717) is 22.3 Å². The van der Waals surface area contributed by atoms with Crippen LogP contribution in [0.15, 0.2) is 71.3 Å². The monoisotopic (exact) mass is 521 g/mol. The number of amides is 1.